The Bertz CT molecular complexity index is 568. The zero-order chi connectivity index (χ0) is 13.5. The van der Waals surface area contributed by atoms with Crippen LogP contribution in [-0.2, 0) is 0 Å². The molecular formula is C17H20N2S. The van der Waals surface area contributed by atoms with Crippen LogP contribution in [0.3, 0.4) is 0 Å². The summed E-state index contributed by atoms with van der Waals surface area (Å²) in [6, 6.07) is 0.685. The van der Waals surface area contributed by atoms with Gasteiger partial charge in [0.05, 0.1) is 0 Å². The fraction of sp³-hybridized carbons (Fsp3) is 0.529. The van der Waals surface area contributed by atoms with Crippen LogP contribution in [0.25, 0.3) is 0 Å². The Morgan fingerprint density at radius 1 is 1.30 bits per heavy atom. The average molecular weight is 284 g/mol. The molecule has 5 aliphatic heterocycles. The third kappa shape index (κ3) is 2.03. The highest BCUT2D eigenvalue weighted by molar-refractivity contribution is 8.03. The lowest BCUT2D eigenvalue weighted by Crippen LogP contribution is -2.55. The SMILES string of the molecule is CC#CC1=C2C=CN([C@H]3CN4CCC3CC4)C=C2SC1. The Balaban J connectivity index is 1.59. The Labute approximate surface area is 125 Å². The number of rotatable bonds is 1. The van der Waals surface area contributed by atoms with Crippen LogP contribution < -0.4 is 0 Å². The Kier molecular flexibility index (Phi) is 3.17. The number of allylic oxidation sites excluding steroid dienone is 2. The van der Waals surface area contributed by atoms with Crippen molar-refractivity contribution in [2.24, 2.45) is 5.92 Å². The first-order chi connectivity index (χ1) is 9.85. The van der Waals surface area contributed by atoms with Gasteiger partial charge in [0.15, 0.2) is 0 Å². The van der Waals surface area contributed by atoms with Gasteiger partial charge in [-0.2, -0.15) is 0 Å². The highest BCUT2D eigenvalue weighted by Gasteiger charge is 2.37. The van der Waals surface area contributed by atoms with Crippen molar-refractivity contribution in [2.75, 3.05) is 25.4 Å². The Hall–Kier alpha value is -1.11. The first-order valence-electron chi connectivity index (χ1n) is 7.54. The molecule has 5 aliphatic rings. The van der Waals surface area contributed by atoms with Gasteiger partial charge in [-0.3, -0.25) is 0 Å². The minimum absolute atomic E-state index is 0.685. The zero-order valence-corrected chi connectivity index (χ0v) is 12.7. The molecule has 0 aromatic heterocycles. The molecule has 5 heterocycles. The van der Waals surface area contributed by atoms with Gasteiger partial charge in [-0.05, 0) is 44.8 Å². The van der Waals surface area contributed by atoms with Gasteiger partial charge in [0.25, 0.3) is 0 Å². The molecule has 5 rings (SSSR count). The molecule has 2 bridgehead atoms. The van der Waals surface area contributed by atoms with Crippen LogP contribution in [-0.4, -0.2) is 41.2 Å². The molecule has 3 heteroatoms. The van der Waals surface area contributed by atoms with E-state index >= 15 is 0 Å². The van der Waals surface area contributed by atoms with Gasteiger partial charge in [-0.1, -0.05) is 5.92 Å². The summed E-state index contributed by atoms with van der Waals surface area (Å²) in [5.74, 6) is 8.22. The first kappa shape index (κ1) is 12.6. The summed E-state index contributed by atoms with van der Waals surface area (Å²) >= 11 is 1.94. The maximum Gasteiger partial charge on any atom is 0.0487 e. The molecule has 0 aromatic rings. The average Bonchev–Trinajstić information content (AvgIpc) is 2.91. The predicted octanol–water partition coefficient (Wildman–Crippen LogP) is 2.82. The van der Waals surface area contributed by atoms with E-state index in [1.807, 2.05) is 18.7 Å². The van der Waals surface area contributed by atoms with E-state index in [2.05, 4.69) is 40.1 Å². The second-order valence-electron chi connectivity index (χ2n) is 6.02. The second-order valence-corrected chi connectivity index (χ2v) is 7.03. The van der Waals surface area contributed by atoms with E-state index in [0.29, 0.717) is 6.04 Å². The summed E-state index contributed by atoms with van der Waals surface area (Å²) in [7, 11) is 0. The molecule has 0 unspecified atom stereocenters. The largest absolute Gasteiger partial charge is 0.349 e. The maximum absolute atomic E-state index is 3.26. The van der Waals surface area contributed by atoms with Crippen molar-refractivity contribution in [3.05, 3.63) is 34.5 Å². The van der Waals surface area contributed by atoms with Crippen molar-refractivity contribution >= 4 is 11.8 Å². The van der Waals surface area contributed by atoms with Crippen molar-refractivity contribution in [3.8, 4) is 11.8 Å². The highest BCUT2D eigenvalue weighted by atomic mass is 32.2. The molecule has 0 spiro atoms. The molecule has 0 aliphatic carbocycles. The van der Waals surface area contributed by atoms with E-state index in [1.54, 1.807) is 0 Å². The fourth-order valence-corrected chi connectivity index (χ4v) is 4.89. The first-order valence-corrected chi connectivity index (χ1v) is 8.52. The van der Waals surface area contributed by atoms with Gasteiger partial charge < -0.3 is 9.80 Å². The molecule has 1 atom stereocenters. The number of hydrogen-bond donors (Lipinski definition) is 0. The molecule has 0 radical (unpaired) electrons. The van der Waals surface area contributed by atoms with Crippen LogP contribution in [0.2, 0.25) is 0 Å². The van der Waals surface area contributed by atoms with E-state index in [-0.39, 0.29) is 0 Å². The summed E-state index contributed by atoms with van der Waals surface area (Å²) < 4.78 is 0. The number of piperidine rings is 3. The number of hydrogen-bond acceptors (Lipinski definition) is 3. The fourth-order valence-electron chi connectivity index (χ4n) is 3.81. The summed E-state index contributed by atoms with van der Waals surface area (Å²) in [5.41, 5.74) is 2.66. The van der Waals surface area contributed by atoms with Gasteiger partial charge in [-0.25, -0.2) is 0 Å². The quantitative estimate of drug-likeness (QED) is 0.684. The van der Waals surface area contributed by atoms with Crippen LogP contribution in [0.15, 0.2) is 34.5 Å². The van der Waals surface area contributed by atoms with Gasteiger partial charge >= 0.3 is 0 Å². The molecule has 104 valence electrons. The molecule has 0 amide bonds. The minimum atomic E-state index is 0.685. The summed E-state index contributed by atoms with van der Waals surface area (Å²) in [5, 5.41) is 0. The molecule has 2 nitrogen and oxygen atoms in total. The van der Waals surface area contributed by atoms with E-state index in [9.17, 15) is 0 Å². The van der Waals surface area contributed by atoms with Crippen LogP contribution >= 0.6 is 11.8 Å². The number of nitrogens with zero attached hydrogens (tertiary/aromatic N) is 2. The standard InChI is InChI=1S/C17H20N2S/c1-2-3-14-12-20-17-11-19(9-6-15(14)17)16-10-18-7-4-13(16)5-8-18/h6,9,11,13,16H,4-5,7-8,10,12H2,1H3/t16-/m0/s1. The van der Waals surface area contributed by atoms with Crippen LogP contribution in [0.5, 0.6) is 0 Å². The lowest BCUT2D eigenvalue weighted by atomic mass is 9.83. The van der Waals surface area contributed by atoms with Crippen LogP contribution in [0.4, 0.5) is 0 Å². The van der Waals surface area contributed by atoms with Gasteiger partial charge in [0.1, 0.15) is 0 Å². The molecule has 3 saturated heterocycles. The second kappa shape index (κ2) is 5.02. The summed E-state index contributed by atoms with van der Waals surface area (Å²) in [4.78, 5) is 6.52. The van der Waals surface area contributed by atoms with Crippen LogP contribution in [0, 0.1) is 17.8 Å². The van der Waals surface area contributed by atoms with Crippen molar-refractivity contribution < 1.29 is 0 Å². The molecule has 0 aromatic carbocycles. The van der Waals surface area contributed by atoms with Gasteiger partial charge in [-0.15, -0.1) is 17.7 Å². The molecular weight excluding hydrogens is 264 g/mol. The molecule has 0 N–H and O–H groups in total. The van der Waals surface area contributed by atoms with Crippen molar-refractivity contribution in [1.82, 2.24) is 9.80 Å². The summed E-state index contributed by atoms with van der Waals surface area (Å²) in [6.07, 6.45) is 9.69. The molecule has 0 saturated carbocycles. The van der Waals surface area contributed by atoms with E-state index in [1.165, 1.54) is 48.5 Å². The Morgan fingerprint density at radius 2 is 2.15 bits per heavy atom. The number of fused-ring (bicyclic) bond motifs is 4. The van der Waals surface area contributed by atoms with E-state index in [4.69, 9.17) is 0 Å². The molecule has 20 heavy (non-hydrogen) atoms. The van der Waals surface area contributed by atoms with Gasteiger partial charge in [0.2, 0.25) is 0 Å². The lowest BCUT2D eigenvalue weighted by molar-refractivity contribution is 0.0413. The van der Waals surface area contributed by atoms with Crippen LogP contribution in [0.1, 0.15) is 19.8 Å². The van der Waals surface area contributed by atoms with Crippen molar-refractivity contribution in [2.45, 2.75) is 25.8 Å². The molecule has 3 fully saturated rings. The third-order valence-electron chi connectivity index (χ3n) is 4.92. The van der Waals surface area contributed by atoms with Gasteiger partial charge in [0, 0.05) is 46.8 Å². The summed E-state index contributed by atoms with van der Waals surface area (Å²) in [6.45, 7) is 5.78. The lowest BCUT2D eigenvalue weighted by Gasteiger charge is -2.48. The topological polar surface area (TPSA) is 6.48 Å². The third-order valence-corrected chi connectivity index (χ3v) is 5.99. The smallest absolute Gasteiger partial charge is 0.0487 e. The normalized spacial score (nSPS) is 34.8. The van der Waals surface area contributed by atoms with Crippen molar-refractivity contribution in [1.29, 1.82) is 0 Å². The number of thioether (sulfide) groups is 1. The zero-order valence-electron chi connectivity index (χ0n) is 11.9. The predicted molar refractivity (Wildman–Crippen MR) is 84.9 cm³/mol. The van der Waals surface area contributed by atoms with E-state index in [0.717, 1.165) is 11.7 Å². The van der Waals surface area contributed by atoms with Crippen molar-refractivity contribution in [3.63, 3.8) is 0 Å². The minimum Gasteiger partial charge on any atom is -0.349 e. The highest BCUT2D eigenvalue weighted by Crippen LogP contribution is 2.41. The maximum atomic E-state index is 3.26. The van der Waals surface area contributed by atoms with E-state index < -0.39 is 0 Å². The Morgan fingerprint density at radius 3 is 2.85 bits per heavy atom. The monoisotopic (exact) mass is 284 g/mol.